The van der Waals surface area contributed by atoms with E-state index in [-0.39, 0.29) is 0 Å². The van der Waals surface area contributed by atoms with E-state index in [4.69, 9.17) is 5.73 Å². The number of hydrogen-bond donors (Lipinski definition) is 1. The van der Waals surface area contributed by atoms with Crippen molar-refractivity contribution in [3.8, 4) is 0 Å². The van der Waals surface area contributed by atoms with Crippen LogP contribution in [0, 0.1) is 6.92 Å². The van der Waals surface area contributed by atoms with E-state index in [1.165, 1.54) is 0 Å². The number of nitrogen functional groups attached to an aromatic ring is 1. The molecule has 2 aromatic carbocycles. The molecule has 2 rings (SSSR count). The molecular weight excluding hydrogens is 222 g/mol. The fourth-order valence-electron chi connectivity index (χ4n) is 1.78. The van der Waals surface area contributed by atoms with Crippen LogP contribution in [-0.4, -0.2) is 0 Å². The molecule has 0 aliphatic rings. The summed E-state index contributed by atoms with van der Waals surface area (Å²) in [4.78, 5) is 0. The third kappa shape index (κ3) is 2.74. The summed E-state index contributed by atoms with van der Waals surface area (Å²) in [6.07, 6.45) is 0.903. The summed E-state index contributed by atoms with van der Waals surface area (Å²) in [6, 6.07) is 13.7. The first-order valence-corrected chi connectivity index (χ1v) is 6.06. The largest absolute Gasteiger partial charge is 0.398 e. The lowest BCUT2D eigenvalue weighted by molar-refractivity contribution is 1.12. The number of azo groups is 1. The average Bonchev–Trinajstić information content (AvgIpc) is 2.39. The van der Waals surface area contributed by atoms with Crippen molar-refractivity contribution < 1.29 is 0 Å². The van der Waals surface area contributed by atoms with Crippen LogP contribution in [-0.2, 0) is 6.42 Å². The summed E-state index contributed by atoms with van der Waals surface area (Å²) >= 11 is 0. The summed E-state index contributed by atoms with van der Waals surface area (Å²) < 4.78 is 0. The Hall–Kier alpha value is -2.16. The van der Waals surface area contributed by atoms with E-state index in [0.717, 1.165) is 34.6 Å². The van der Waals surface area contributed by atoms with Crippen molar-refractivity contribution in [2.45, 2.75) is 20.3 Å². The van der Waals surface area contributed by atoms with Gasteiger partial charge in [0, 0.05) is 5.69 Å². The van der Waals surface area contributed by atoms with E-state index >= 15 is 0 Å². The smallest absolute Gasteiger partial charge is 0.0890 e. The molecule has 3 nitrogen and oxygen atoms in total. The van der Waals surface area contributed by atoms with Gasteiger partial charge in [0.15, 0.2) is 0 Å². The second-order valence-electron chi connectivity index (χ2n) is 4.23. The molecule has 3 heteroatoms. The highest BCUT2D eigenvalue weighted by atomic mass is 15.1. The summed E-state index contributed by atoms with van der Waals surface area (Å²) in [7, 11) is 0. The number of nitrogens with zero attached hydrogens (tertiary/aromatic N) is 2. The van der Waals surface area contributed by atoms with Gasteiger partial charge in [-0.25, -0.2) is 0 Å². The third-order valence-electron chi connectivity index (χ3n) is 2.87. The van der Waals surface area contributed by atoms with Gasteiger partial charge in [0.1, 0.15) is 0 Å². The highest BCUT2D eigenvalue weighted by molar-refractivity contribution is 5.59. The zero-order valence-corrected chi connectivity index (χ0v) is 10.7. The van der Waals surface area contributed by atoms with E-state index in [1.807, 2.05) is 49.4 Å². The molecule has 2 aromatic rings. The monoisotopic (exact) mass is 239 g/mol. The molecule has 0 unspecified atom stereocenters. The van der Waals surface area contributed by atoms with Crippen LogP contribution in [0.5, 0.6) is 0 Å². The van der Waals surface area contributed by atoms with Gasteiger partial charge in [-0.3, -0.25) is 0 Å². The highest BCUT2D eigenvalue weighted by Gasteiger charge is 2.03. The van der Waals surface area contributed by atoms with Crippen LogP contribution in [0.2, 0.25) is 0 Å². The van der Waals surface area contributed by atoms with Crippen LogP contribution in [0.3, 0.4) is 0 Å². The van der Waals surface area contributed by atoms with Gasteiger partial charge in [-0.2, -0.15) is 10.2 Å². The van der Waals surface area contributed by atoms with Crippen LogP contribution in [0.1, 0.15) is 18.1 Å². The van der Waals surface area contributed by atoms with Crippen molar-refractivity contribution >= 4 is 17.1 Å². The molecule has 0 aliphatic heterocycles. The molecule has 0 saturated heterocycles. The molecule has 92 valence electrons. The number of rotatable bonds is 3. The zero-order chi connectivity index (χ0) is 13.0. The van der Waals surface area contributed by atoms with Crippen LogP contribution in [0.15, 0.2) is 52.7 Å². The summed E-state index contributed by atoms with van der Waals surface area (Å²) in [5, 5.41) is 8.52. The van der Waals surface area contributed by atoms with Crippen molar-refractivity contribution in [3.05, 3.63) is 53.6 Å². The Morgan fingerprint density at radius 1 is 1.06 bits per heavy atom. The molecule has 0 saturated carbocycles. The maximum atomic E-state index is 5.94. The van der Waals surface area contributed by atoms with Gasteiger partial charge in [0.05, 0.1) is 11.4 Å². The summed E-state index contributed by atoms with van der Waals surface area (Å²) in [5.41, 5.74) is 10.7. The van der Waals surface area contributed by atoms with Gasteiger partial charge >= 0.3 is 0 Å². The minimum atomic E-state index is 0.827. The van der Waals surface area contributed by atoms with E-state index in [9.17, 15) is 0 Å². The highest BCUT2D eigenvalue weighted by Crippen LogP contribution is 2.27. The molecule has 0 heterocycles. The Balaban J connectivity index is 2.32. The maximum Gasteiger partial charge on any atom is 0.0890 e. The predicted octanol–water partition coefficient (Wildman–Crippen LogP) is 4.56. The quantitative estimate of drug-likeness (QED) is 0.619. The minimum Gasteiger partial charge on any atom is -0.398 e. The first kappa shape index (κ1) is 12.3. The van der Waals surface area contributed by atoms with Gasteiger partial charge in [-0.15, -0.1) is 0 Å². The maximum absolute atomic E-state index is 5.94. The number of nitrogens with two attached hydrogens (primary N) is 1. The van der Waals surface area contributed by atoms with E-state index < -0.39 is 0 Å². The Morgan fingerprint density at radius 2 is 1.78 bits per heavy atom. The van der Waals surface area contributed by atoms with E-state index in [1.54, 1.807) is 0 Å². The third-order valence-corrected chi connectivity index (χ3v) is 2.87. The summed E-state index contributed by atoms with van der Waals surface area (Å²) in [6.45, 7) is 4.08. The van der Waals surface area contributed by atoms with Crippen LogP contribution in [0.25, 0.3) is 0 Å². The van der Waals surface area contributed by atoms with Crippen molar-refractivity contribution in [3.63, 3.8) is 0 Å². The Bertz CT molecular complexity index is 559. The molecule has 0 atom stereocenters. The topological polar surface area (TPSA) is 50.7 Å². The lowest BCUT2D eigenvalue weighted by Crippen LogP contribution is -1.93. The van der Waals surface area contributed by atoms with Gasteiger partial charge in [0.2, 0.25) is 0 Å². The minimum absolute atomic E-state index is 0.827. The second kappa shape index (κ2) is 5.45. The predicted molar refractivity (Wildman–Crippen MR) is 75.6 cm³/mol. The van der Waals surface area contributed by atoms with Gasteiger partial charge in [0.25, 0.3) is 0 Å². The second-order valence-corrected chi connectivity index (χ2v) is 4.23. The van der Waals surface area contributed by atoms with Gasteiger partial charge in [-0.1, -0.05) is 25.1 Å². The van der Waals surface area contributed by atoms with E-state index in [0.29, 0.717) is 0 Å². The normalized spacial score (nSPS) is 11.0. The molecule has 0 fully saturated rings. The molecule has 2 N–H and O–H groups in total. The molecule has 0 radical (unpaired) electrons. The van der Waals surface area contributed by atoms with Crippen LogP contribution < -0.4 is 5.73 Å². The summed E-state index contributed by atoms with van der Waals surface area (Å²) in [5.74, 6) is 0. The molecule has 0 bridgehead atoms. The number of benzene rings is 2. The fourth-order valence-corrected chi connectivity index (χ4v) is 1.78. The fraction of sp³-hybridized carbons (Fsp3) is 0.200. The zero-order valence-electron chi connectivity index (χ0n) is 10.7. The first-order valence-electron chi connectivity index (χ1n) is 6.06. The number of aryl methyl sites for hydroxylation is 2. The number of hydrogen-bond acceptors (Lipinski definition) is 3. The van der Waals surface area contributed by atoms with Gasteiger partial charge in [-0.05, 0) is 48.7 Å². The lowest BCUT2D eigenvalue weighted by Gasteiger charge is -2.06. The molecule has 0 aliphatic carbocycles. The lowest BCUT2D eigenvalue weighted by atomic mass is 10.1. The Kier molecular flexibility index (Phi) is 3.72. The SMILES string of the molecule is CCc1cc(N=Nc2ccccc2)c(C)cc1N. The molecule has 18 heavy (non-hydrogen) atoms. The first-order chi connectivity index (χ1) is 8.70. The van der Waals surface area contributed by atoms with Crippen LogP contribution >= 0.6 is 0 Å². The molecular formula is C15H17N3. The van der Waals surface area contributed by atoms with Gasteiger partial charge < -0.3 is 5.73 Å². The van der Waals surface area contributed by atoms with Crippen molar-refractivity contribution in [1.82, 2.24) is 0 Å². The van der Waals surface area contributed by atoms with Crippen molar-refractivity contribution in [2.75, 3.05) is 5.73 Å². The number of anilines is 1. The van der Waals surface area contributed by atoms with Crippen LogP contribution in [0.4, 0.5) is 17.1 Å². The molecule has 0 spiro atoms. The molecule has 0 aromatic heterocycles. The molecule has 0 amide bonds. The Morgan fingerprint density at radius 3 is 2.44 bits per heavy atom. The average molecular weight is 239 g/mol. The van der Waals surface area contributed by atoms with Crippen molar-refractivity contribution in [2.24, 2.45) is 10.2 Å². The Labute approximate surface area is 107 Å². The standard InChI is InChI=1S/C15H17N3/c1-3-12-10-15(11(2)9-14(12)16)18-17-13-7-5-4-6-8-13/h4-10H,3,16H2,1-2H3. The van der Waals surface area contributed by atoms with E-state index in [2.05, 4.69) is 17.2 Å². The van der Waals surface area contributed by atoms with Crippen molar-refractivity contribution in [1.29, 1.82) is 0 Å².